The maximum atomic E-state index is 12.4. The maximum Gasteiger partial charge on any atom is 0.490 e. The van der Waals surface area contributed by atoms with E-state index >= 15 is 0 Å². The third kappa shape index (κ3) is 4.75. The van der Waals surface area contributed by atoms with Crippen molar-refractivity contribution in [3.05, 3.63) is 46.7 Å². The molecule has 2 aliphatic heterocycles. The van der Waals surface area contributed by atoms with E-state index in [1.807, 2.05) is 15.9 Å². The van der Waals surface area contributed by atoms with Crippen LogP contribution < -0.4 is 0 Å². The van der Waals surface area contributed by atoms with E-state index < -0.39 is 12.1 Å². The van der Waals surface area contributed by atoms with E-state index in [-0.39, 0.29) is 17.2 Å². The molecule has 30 heavy (non-hydrogen) atoms. The number of likely N-dealkylation sites (tertiary alicyclic amines) is 2. The van der Waals surface area contributed by atoms with Crippen LogP contribution in [0.5, 0.6) is 0 Å². The molecule has 0 aliphatic carbocycles. The first kappa shape index (κ1) is 21.7. The molecular formula is C18H17F3N4O4S. The van der Waals surface area contributed by atoms with Gasteiger partial charge in [-0.15, -0.1) is 11.3 Å². The first-order valence-electron chi connectivity index (χ1n) is 8.79. The third-order valence-electron chi connectivity index (χ3n) is 4.84. The number of thiazole rings is 1. The van der Waals surface area contributed by atoms with Gasteiger partial charge in [0.25, 0.3) is 11.8 Å². The number of amides is 2. The highest BCUT2D eigenvalue weighted by molar-refractivity contribution is 7.07. The molecular weight excluding hydrogens is 425 g/mol. The van der Waals surface area contributed by atoms with Crippen molar-refractivity contribution in [3.8, 4) is 0 Å². The van der Waals surface area contributed by atoms with Crippen LogP contribution in [0.1, 0.15) is 27.4 Å². The molecule has 8 nitrogen and oxygen atoms in total. The summed E-state index contributed by atoms with van der Waals surface area (Å²) in [5.74, 6) is -2.79. The molecule has 2 aliphatic rings. The molecule has 4 heterocycles. The lowest BCUT2D eigenvalue weighted by Crippen LogP contribution is -2.59. The number of carboxylic acids is 1. The fraction of sp³-hybridized carbons (Fsp3) is 0.389. The number of carbonyl (C=O) groups excluding carboxylic acids is 2. The minimum atomic E-state index is -5.08. The molecule has 2 amide bonds. The Labute approximate surface area is 173 Å². The van der Waals surface area contributed by atoms with E-state index in [1.165, 1.54) is 11.3 Å². The monoisotopic (exact) mass is 442 g/mol. The highest BCUT2D eigenvalue weighted by atomic mass is 32.1. The lowest BCUT2D eigenvalue weighted by Gasteiger charge is -2.47. The van der Waals surface area contributed by atoms with Crippen molar-refractivity contribution in [2.24, 2.45) is 5.41 Å². The molecule has 0 atom stereocenters. The van der Waals surface area contributed by atoms with E-state index in [0.29, 0.717) is 31.0 Å². The molecule has 2 aromatic heterocycles. The molecule has 4 rings (SSSR count). The predicted molar refractivity (Wildman–Crippen MR) is 98.9 cm³/mol. The highest BCUT2D eigenvalue weighted by Gasteiger charge is 2.50. The van der Waals surface area contributed by atoms with Gasteiger partial charge in [-0.3, -0.25) is 14.6 Å². The summed E-state index contributed by atoms with van der Waals surface area (Å²) in [6.07, 6.45) is -2.51. The van der Waals surface area contributed by atoms with Crippen molar-refractivity contribution >= 4 is 29.1 Å². The Balaban J connectivity index is 0.000000318. The summed E-state index contributed by atoms with van der Waals surface area (Å²) < 4.78 is 31.7. The standard InChI is InChI=1S/C16H16N4O2S.C2HF3O2/c21-14(12-3-1-2-5-17-12)20-9-16(10-20)4-6-19(8-16)15(22)13-7-23-11-18-13;3-2(4,5)1(6)7/h1-3,5,7,11H,4,6,8-10H2;(H,6,7). The maximum absolute atomic E-state index is 12.4. The van der Waals surface area contributed by atoms with Gasteiger partial charge < -0.3 is 14.9 Å². The van der Waals surface area contributed by atoms with Crippen LogP contribution in [0.25, 0.3) is 0 Å². The zero-order valence-corrected chi connectivity index (χ0v) is 16.3. The summed E-state index contributed by atoms with van der Waals surface area (Å²) in [5, 5.41) is 8.91. The Morgan fingerprint density at radius 3 is 2.20 bits per heavy atom. The summed E-state index contributed by atoms with van der Waals surface area (Å²) in [7, 11) is 0. The average Bonchev–Trinajstić information content (AvgIpc) is 3.36. The second kappa shape index (κ2) is 8.38. The van der Waals surface area contributed by atoms with Crippen molar-refractivity contribution in [2.45, 2.75) is 12.6 Å². The molecule has 0 saturated carbocycles. The fourth-order valence-electron chi connectivity index (χ4n) is 3.41. The molecule has 0 aromatic carbocycles. The van der Waals surface area contributed by atoms with Gasteiger partial charge in [0.2, 0.25) is 0 Å². The fourth-order valence-corrected chi connectivity index (χ4v) is 3.93. The average molecular weight is 442 g/mol. The molecule has 0 unspecified atom stereocenters. The summed E-state index contributed by atoms with van der Waals surface area (Å²) in [6, 6.07) is 5.35. The van der Waals surface area contributed by atoms with Gasteiger partial charge in [-0.1, -0.05) is 6.07 Å². The van der Waals surface area contributed by atoms with Gasteiger partial charge in [0.15, 0.2) is 0 Å². The molecule has 12 heteroatoms. The van der Waals surface area contributed by atoms with Crippen LogP contribution in [0.4, 0.5) is 13.2 Å². The smallest absolute Gasteiger partial charge is 0.475 e. The van der Waals surface area contributed by atoms with Crippen LogP contribution in [-0.2, 0) is 4.79 Å². The Bertz CT molecular complexity index is 915. The number of alkyl halides is 3. The van der Waals surface area contributed by atoms with Crippen molar-refractivity contribution in [1.29, 1.82) is 0 Å². The number of carbonyl (C=O) groups is 3. The topological polar surface area (TPSA) is 104 Å². The Morgan fingerprint density at radius 2 is 1.67 bits per heavy atom. The van der Waals surface area contributed by atoms with Crippen molar-refractivity contribution in [1.82, 2.24) is 19.8 Å². The van der Waals surface area contributed by atoms with E-state index in [2.05, 4.69) is 9.97 Å². The Hall–Kier alpha value is -3.02. The number of aromatic nitrogens is 2. The van der Waals surface area contributed by atoms with Gasteiger partial charge in [-0.2, -0.15) is 13.2 Å². The van der Waals surface area contributed by atoms with E-state index in [0.717, 1.165) is 13.0 Å². The number of aliphatic carboxylic acids is 1. The largest absolute Gasteiger partial charge is 0.490 e. The number of carboxylic acid groups (broad SMARTS) is 1. The number of nitrogens with zero attached hydrogens (tertiary/aromatic N) is 4. The second-order valence-corrected chi connectivity index (χ2v) is 7.75. The SMILES string of the molecule is O=C(O)C(F)(F)F.O=C(c1cscn1)N1CCC2(C1)CN(C(=O)c1ccccn1)C2. The minimum absolute atomic E-state index is 0.00220. The number of hydrogen-bond donors (Lipinski definition) is 1. The van der Waals surface area contributed by atoms with E-state index in [4.69, 9.17) is 9.90 Å². The van der Waals surface area contributed by atoms with Crippen molar-refractivity contribution in [2.75, 3.05) is 26.2 Å². The summed E-state index contributed by atoms with van der Waals surface area (Å²) in [4.78, 5) is 45.5. The lowest BCUT2D eigenvalue weighted by molar-refractivity contribution is -0.192. The molecule has 2 aromatic rings. The number of pyridine rings is 1. The number of hydrogen-bond acceptors (Lipinski definition) is 6. The van der Waals surface area contributed by atoms with Gasteiger partial charge >= 0.3 is 12.1 Å². The van der Waals surface area contributed by atoms with Crippen LogP contribution in [0, 0.1) is 5.41 Å². The summed E-state index contributed by atoms with van der Waals surface area (Å²) >= 11 is 1.43. The van der Waals surface area contributed by atoms with Crippen LogP contribution in [0.3, 0.4) is 0 Å². The summed E-state index contributed by atoms with van der Waals surface area (Å²) in [6.45, 7) is 2.84. The lowest BCUT2D eigenvalue weighted by atomic mass is 9.79. The number of rotatable bonds is 2. The molecule has 1 spiro atoms. The van der Waals surface area contributed by atoms with Gasteiger partial charge in [0, 0.05) is 43.2 Å². The van der Waals surface area contributed by atoms with Crippen molar-refractivity contribution < 1.29 is 32.7 Å². The van der Waals surface area contributed by atoms with Crippen molar-refractivity contribution in [3.63, 3.8) is 0 Å². The number of halogens is 3. The second-order valence-electron chi connectivity index (χ2n) is 7.03. The molecule has 0 bridgehead atoms. The molecule has 2 saturated heterocycles. The van der Waals surface area contributed by atoms with Crippen LogP contribution >= 0.6 is 11.3 Å². The first-order valence-corrected chi connectivity index (χ1v) is 9.73. The van der Waals surface area contributed by atoms with Gasteiger partial charge in [-0.25, -0.2) is 9.78 Å². The van der Waals surface area contributed by atoms with Crippen LogP contribution in [0.15, 0.2) is 35.3 Å². The van der Waals surface area contributed by atoms with E-state index in [9.17, 15) is 22.8 Å². The highest BCUT2D eigenvalue weighted by Crippen LogP contribution is 2.40. The third-order valence-corrected chi connectivity index (χ3v) is 5.43. The Kier molecular flexibility index (Phi) is 6.06. The Morgan fingerprint density at radius 1 is 1.03 bits per heavy atom. The minimum Gasteiger partial charge on any atom is -0.475 e. The summed E-state index contributed by atoms with van der Waals surface area (Å²) in [5.41, 5.74) is 2.73. The molecule has 1 N–H and O–H groups in total. The van der Waals surface area contributed by atoms with Gasteiger partial charge in [0.1, 0.15) is 11.4 Å². The first-order chi connectivity index (χ1) is 14.1. The predicted octanol–water partition coefficient (Wildman–Crippen LogP) is 2.16. The van der Waals surface area contributed by atoms with E-state index in [1.54, 1.807) is 29.2 Å². The quantitative estimate of drug-likeness (QED) is 0.765. The molecule has 0 radical (unpaired) electrons. The zero-order chi connectivity index (χ0) is 21.9. The van der Waals surface area contributed by atoms with Gasteiger partial charge in [0.05, 0.1) is 5.51 Å². The molecule has 2 fully saturated rings. The normalized spacial score (nSPS) is 17.2. The van der Waals surface area contributed by atoms with Gasteiger partial charge in [-0.05, 0) is 18.6 Å². The zero-order valence-electron chi connectivity index (χ0n) is 15.5. The van der Waals surface area contributed by atoms with Crippen LogP contribution in [-0.4, -0.2) is 75.0 Å². The van der Waals surface area contributed by atoms with Crippen LogP contribution in [0.2, 0.25) is 0 Å². The molecule has 160 valence electrons.